The van der Waals surface area contributed by atoms with Crippen LogP contribution in [0.3, 0.4) is 0 Å². The fraction of sp³-hybridized carbons (Fsp3) is 0.333. The highest BCUT2D eigenvalue weighted by atomic mass is 32.2. The number of hydrogen-bond acceptors (Lipinski definition) is 6. The molecule has 0 aromatic carbocycles. The number of hydrogen-bond donors (Lipinski definition) is 0. The average Bonchev–Trinajstić information content (AvgIpc) is 3.16. The second-order valence-corrected chi connectivity index (χ2v) is 7.81. The molecule has 28 heavy (non-hydrogen) atoms. The van der Waals surface area contributed by atoms with Crippen LogP contribution in [0.15, 0.2) is 64.8 Å². The molecular weight excluding hydrogens is 372 g/mol. The molecule has 0 saturated heterocycles. The summed E-state index contributed by atoms with van der Waals surface area (Å²) in [4.78, 5) is 26.3. The first-order valence-electron chi connectivity index (χ1n) is 9.37. The predicted octanol–water partition coefficient (Wildman–Crippen LogP) is 3.53. The molecule has 1 aliphatic rings. The van der Waals surface area contributed by atoms with Crippen molar-refractivity contribution >= 4 is 11.8 Å². The highest BCUT2D eigenvalue weighted by molar-refractivity contribution is 7.98. The number of nitrogens with zero attached hydrogens (tertiary/aromatic N) is 4. The molecule has 0 spiro atoms. The Morgan fingerprint density at radius 2 is 1.96 bits per heavy atom. The Morgan fingerprint density at radius 1 is 1.11 bits per heavy atom. The molecule has 1 saturated carbocycles. The van der Waals surface area contributed by atoms with E-state index in [1.165, 1.54) is 6.07 Å². The van der Waals surface area contributed by atoms with Gasteiger partial charge >= 0.3 is 0 Å². The van der Waals surface area contributed by atoms with Gasteiger partial charge in [0.2, 0.25) is 5.88 Å². The topological polar surface area (TPSA) is 69.9 Å². The molecule has 1 fully saturated rings. The third kappa shape index (κ3) is 4.42. The van der Waals surface area contributed by atoms with Crippen molar-refractivity contribution in [3.63, 3.8) is 0 Å². The monoisotopic (exact) mass is 394 g/mol. The van der Waals surface area contributed by atoms with Crippen LogP contribution >= 0.6 is 11.8 Å². The van der Waals surface area contributed by atoms with Gasteiger partial charge in [0.05, 0.1) is 11.9 Å². The van der Waals surface area contributed by atoms with Crippen LogP contribution < -0.4 is 10.3 Å². The van der Waals surface area contributed by atoms with Crippen molar-refractivity contribution in [1.82, 2.24) is 19.5 Å². The Labute approximate surface area is 168 Å². The van der Waals surface area contributed by atoms with Crippen molar-refractivity contribution in [3.05, 3.63) is 71.3 Å². The number of thioether (sulfide) groups is 1. The van der Waals surface area contributed by atoms with E-state index in [1.54, 1.807) is 34.8 Å². The second-order valence-electron chi connectivity index (χ2n) is 6.93. The van der Waals surface area contributed by atoms with Gasteiger partial charge in [-0.3, -0.25) is 9.36 Å². The first kappa shape index (κ1) is 18.7. The van der Waals surface area contributed by atoms with Gasteiger partial charge in [-0.2, -0.15) is 0 Å². The molecule has 6 nitrogen and oxygen atoms in total. The Morgan fingerprint density at radius 3 is 2.68 bits per heavy atom. The van der Waals surface area contributed by atoms with E-state index in [4.69, 9.17) is 4.74 Å². The molecule has 0 radical (unpaired) electrons. The number of aromatic nitrogens is 4. The molecule has 3 aromatic heterocycles. The van der Waals surface area contributed by atoms with E-state index < -0.39 is 0 Å². The normalized spacial score (nSPS) is 18.9. The van der Waals surface area contributed by atoms with E-state index in [9.17, 15) is 4.79 Å². The largest absolute Gasteiger partial charge is 0.474 e. The smallest absolute Gasteiger partial charge is 0.255 e. The fourth-order valence-electron chi connectivity index (χ4n) is 3.53. The lowest BCUT2D eigenvalue weighted by molar-refractivity contribution is 0.195. The Balaban J connectivity index is 1.34. The van der Waals surface area contributed by atoms with Crippen LogP contribution in [0.2, 0.25) is 0 Å². The van der Waals surface area contributed by atoms with E-state index in [1.807, 2.05) is 36.8 Å². The molecule has 1 aliphatic carbocycles. The van der Waals surface area contributed by atoms with Gasteiger partial charge in [-0.15, -0.1) is 11.8 Å². The number of rotatable bonds is 6. The molecule has 0 aliphatic heterocycles. The Hall–Kier alpha value is -2.67. The van der Waals surface area contributed by atoms with Crippen LogP contribution in [-0.4, -0.2) is 31.9 Å². The van der Waals surface area contributed by atoms with Gasteiger partial charge in [0, 0.05) is 42.0 Å². The van der Waals surface area contributed by atoms with Gasteiger partial charge in [-0.05, 0) is 43.6 Å². The summed E-state index contributed by atoms with van der Waals surface area (Å²) in [6.45, 7) is 0. The molecule has 7 heteroatoms. The summed E-state index contributed by atoms with van der Waals surface area (Å²) >= 11 is 1.65. The van der Waals surface area contributed by atoms with Crippen molar-refractivity contribution < 1.29 is 4.74 Å². The molecule has 0 amide bonds. The van der Waals surface area contributed by atoms with Crippen LogP contribution in [0.25, 0.3) is 5.69 Å². The summed E-state index contributed by atoms with van der Waals surface area (Å²) in [7, 11) is 0. The van der Waals surface area contributed by atoms with Crippen LogP contribution in [0.4, 0.5) is 0 Å². The van der Waals surface area contributed by atoms with Crippen molar-refractivity contribution in [2.45, 2.75) is 36.7 Å². The maximum absolute atomic E-state index is 11.9. The van der Waals surface area contributed by atoms with Gasteiger partial charge < -0.3 is 4.74 Å². The van der Waals surface area contributed by atoms with Gasteiger partial charge in [0.15, 0.2) is 0 Å². The molecule has 0 bridgehead atoms. The van der Waals surface area contributed by atoms with Crippen molar-refractivity contribution in [1.29, 1.82) is 0 Å². The van der Waals surface area contributed by atoms with E-state index >= 15 is 0 Å². The molecule has 144 valence electrons. The average molecular weight is 395 g/mol. The predicted molar refractivity (Wildman–Crippen MR) is 109 cm³/mol. The maximum Gasteiger partial charge on any atom is 0.255 e. The molecule has 0 unspecified atom stereocenters. The summed E-state index contributed by atoms with van der Waals surface area (Å²) in [6.07, 6.45) is 13.3. The molecule has 3 heterocycles. The maximum atomic E-state index is 11.9. The summed E-state index contributed by atoms with van der Waals surface area (Å²) in [6, 6.07) is 8.76. The van der Waals surface area contributed by atoms with Gasteiger partial charge in [0.1, 0.15) is 11.9 Å². The fourth-order valence-corrected chi connectivity index (χ4v) is 3.85. The van der Waals surface area contributed by atoms with Crippen LogP contribution in [0.1, 0.15) is 25.1 Å². The van der Waals surface area contributed by atoms with Crippen LogP contribution in [0, 0.1) is 5.92 Å². The molecule has 4 rings (SSSR count). The van der Waals surface area contributed by atoms with Gasteiger partial charge in [-0.1, -0.05) is 6.07 Å². The third-order valence-corrected chi connectivity index (χ3v) is 5.67. The van der Waals surface area contributed by atoms with E-state index in [0.717, 1.165) is 42.1 Å². The lowest BCUT2D eigenvalue weighted by Gasteiger charge is -2.14. The molecule has 0 N–H and O–H groups in total. The van der Waals surface area contributed by atoms with E-state index in [0.29, 0.717) is 11.8 Å². The van der Waals surface area contributed by atoms with Crippen LogP contribution in [-0.2, 0) is 6.42 Å². The summed E-state index contributed by atoms with van der Waals surface area (Å²) in [5.41, 5.74) is 0.650. The zero-order chi connectivity index (χ0) is 19.3. The minimum Gasteiger partial charge on any atom is -0.474 e. The number of pyridine rings is 2. The molecule has 3 aromatic rings. The quantitative estimate of drug-likeness (QED) is 0.596. The zero-order valence-corrected chi connectivity index (χ0v) is 16.5. The van der Waals surface area contributed by atoms with Crippen molar-refractivity contribution in [2.75, 3.05) is 6.26 Å². The lowest BCUT2D eigenvalue weighted by Crippen LogP contribution is -2.16. The van der Waals surface area contributed by atoms with E-state index in [-0.39, 0.29) is 11.7 Å². The first-order chi connectivity index (χ1) is 13.7. The molecular formula is C21H22N4O2S. The molecule has 2 atom stereocenters. The Kier molecular flexibility index (Phi) is 5.71. The highest BCUT2D eigenvalue weighted by Gasteiger charge is 2.27. The summed E-state index contributed by atoms with van der Waals surface area (Å²) < 4.78 is 7.62. The number of ether oxygens (including phenoxy) is 1. The summed E-state index contributed by atoms with van der Waals surface area (Å²) in [5, 5.41) is 0. The first-order valence-corrected chi connectivity index (χ1v) is 10.6. The van der Waals surface area contributed by atoms with Crippen LogP contribution in [0.5, 0.6) is 5.88 Å². The standard InChI is InChI=1S/C21H22N4O2S/c1-28-18-13-22-19(23-14-18)11-15-5-7-17(10-15)27-20-8-6-16(12-24-20)25-9-3-2-4-21(25)26/h2-4,6,8-9,12-15,17H,5,7,10-11H2,1H3/t15-,17-/m0/s1. The lowest BCUT2D eigenvalue weighted by atomic mass is 10.0. The second kappa shape index (κ2) is 8.56. The van der Waals surface area contributed by atoms with Gasteiger partial charge in [0.25, 0.3) is 5.56 Å². The minimum absolute atomic E-state index is 0.0793. The SMILES string of the molecule is CSc1cnc(C[C@H]2CC[C@H](Oc3ccc(-n4ccccc4=O)cn3)C2)nc1. The van der Waals surface area contributed by atoms with Crippen molar-refractivity contribution in [3.8, 4) is 11.6 Å². The van der Waals surface area contributed by atoms with Gasteiger partial charge in [-0.25, -0.2) is 15.0 Å². The van der Waals surface area contributed by atoms with E-state index in [2.05, 4.69) is 15.0 Å². The third-order valence-electron chi connectivity index (χ3n) is 4.99. The summed E-state index contributed by atoms with van der Waals surface area (Å²) in [5.74, 6) is 2.03. The zero-order valence-electron chi connectivity index (χ0n) is 15.7. The Bertz CT molecular complexity index is 973. The highest BCUT2D eigenvalue weighted by Crippen LogP contribution is 2.30. The minimum atomic E-state index is -0.0793. The van der Waals surface area contributed by atoms with Crippen molar-refractivity contribution in [2.24, 2.45) is 5.92 Å².